The van der Waals surface area contributed by atoms with Crippen LogP contribution in [0.4, 0.5) is 10.1 Å². The van der Waals surface area contributed by atoms with Gasteiger partial charge in [0.1, 0.15) is 5.82 Å². The van der Waals surface area contributed by atoms with Crippen molar-refractivity contribution < 1.29 is 18.8 Å². The Bertz CT molecular complexity index is 533. The van der Waals surface area contributed by atoms with Crippen LogP contribution in [0.3, 0.4) is 0 Å². The van der Waals surface area contributed by atoms with Crippen molar-refractivity contribution in [2.24, 2.45) is 5.92 Å². The number of rotatable bonds is 5. The summed E-state index contributed by atoms with van der Waals surface area (Å²) in [6.45, 7) is 5.88. The quantitative estimate of drug-likeness (QED) is 0.359. The van der Waals surface area contributed by atoms with Crippen LogP contribution in [-0.4, -0.2) is 23.3 Å². The molecule has 7 heteroatoms. The summed E-state index contributed by atoms with van der Waals surface area (Å²) >= 11 is 1.24. The third-order valence-electron chi connectivity index (χ3n) is 2.90. The van der Waals surface area contributed by atoms with Crippen LogP contribution in [0.15, 0.2) is 17.0 Å². The van der Waals surface area contributed by atoms with Gasteiger partial charge in [0.05, 0.1) is 28.6 Å². The lowest BCUT2D eigenvalue weighted by molar-refractivity contribution is -0.387. The van der Waals surface area contributed by atoms with Gasteiger partial charge in [-0.3, -0.25) is 10.1 Å². The van der Waals surface area contributed by atoms with E-state index in [1.807, 2.05) is 20.8 Å². The Kier molecular flexibility index (Phi) is 5.50. The van der Waals surface area contributed by atoms with Gasteiger partial charge in [0.2, 0.25) is 0 Å². The van der Waals surface area contributed by atoms with Gasteiger partial charge in [-0.1, -0.05) is 20.8 Å². The molecule has 0 aliphatic heterocycles. The van der Waals surface area contributed by atoms with Crippen LogP contribution >= 0.6 is 11.8 Å². The third-order valence-corrected chi connectivity index (χ3v) is 4.40. The molecule has 1 unspecified atom stereocenters. The molecule has 1 aromatic carbocycles. The van der Waals surface area contributed by atoms with E-state index in [9.17, 15) is 19.3 Å². The summed E-state index contributed by atoms with van der Waals surface area (Å²) in [4.78, 5) is 22.0. The SMILES string of the molecule is COC(=O)c1cc(SC(C)C(C)C)c([N+](=O)[O-])cc1F. The fourth-order valence-electron chi connectivity index (χ4n) is 1.38. The van der Waals surface area contributed by atoms with Crippen LogP contribution in [-0.2, 0) is 4.74 Å². The summed E-state index contributed by atoms with van der Waals surface area (Å²) in [6.07, 6.45) is 0. The number of nitrogens with zero attached hydrogens (tertiary/aromatic N) is 1. The summed E-state index contributed by atoms with van der Waals surface area (Å²) < 4.78 is 18.2. The zero-order chi connectivity index (χ0) is 15.4. The fraction of sp³-hybridized carbons (Fsp3) is 0.462. The number of ether oxygens (including phenoxy) is 1. The van der Waals surface area contributed by atoms with E-state index in [2.05, 4.69) is 4.74 Å². The van der Waals surface area contributed by atoms with Crippen LogP contribution < -0.4 is 0 Å². The van der Waals surface area contributed by atoms with Crippen molar-refractivity contribution in [3.63, 3.8) is 0 Å². The van der Waals surface area contributed by atoms with Crippen molar-refractivity contribution in [1.29, 1.82) is 0 Å². The average Bonchev–Trinajstić information content (AvgIpc) is 2.38. The summed E-state index contributed by atoms with van der Waals surface area (Å²) in [6, 6.07) is 1.95. The molecule has 1 atom stereocenters. The second kappa shape index (κ2) is 6.69. The fourth-order valence-corrected chi connectivity index (χ4v) is 2.50. The van der Waals surface area contributed by atoms with Crippen molar-refractivity contribution in [3.05, 3.63) is 33.6 Å². The lowest BCUT2D eigenvalue weighted by atomic mass is 10.1. The molecule has 0 amide bonds. The largest absolute Gasteiger partial charge is 0.465 e. The molecule has 0 aliphatic rings. The van der Waals surface area contributed by atoms with E-state index in [1.54, 1.807) is 0 Å². The Balaban J connectivity index is 3.30. The van der Waals surface area contributed by atoms with E-state index < -0.39 is 16.7 Å². The maximum absolute atomic E-state index is 13.7. The minimum absolute atomic E-state index is 0.0876. The number of nitro benzene ring substituents is 1. The molecule has 0 bridgehead atoms. The van der Waals surface area contributed by atoms with Crippen molar-refractivity contribution in [2.45, 2.75) is 30.9 Å². The van der Waals surface area contributed by atoms with E-state index in [0.29, 0.717) is 0 Å². The predicted octanol–water partition coefficient (Wildman–Crippen LogP) is 3.66. The molecule has 0 fully saturated rings. The van der Waals surface area contributed by atoms with Crippen LogP contribution in [0, 0.1) is 21.8 Å². The molecule has 0 spiro atoms. The molecule has 0 aliphatic carbocycles. The molecule has 0 heterocycles. The molecule has 5 nitrogen and oxygen atoms in total. The standard InChI is InChI=1S/C13H16FNO4S/c1-7(2)8(3)20-12-5-9(13(16)19-4)10(14)6-11(12)15(17)18/h5-8H,1-4H3. The first-order valence-corrected chi connectivity index (χ1v) is 6.88. The van der Waals surface area contributed by atoms with E-state index in [1.165, 1.54) is 17.8 Å². The van der Waals surface area contributed by atoms with Crippen molar-refractivity contribution in [3.8, 4) is 0 Å². The van der Waals surface area contributed by atoms with Crippen LogP contribution in [0.1, 0.15) is 31.1 Å². The number of hydrogen-bond donors (Lipinski definition) is 0. The summed E-state index contributed by atoms with van der Waals surface area (Å²) in [5.41, 5.74) is -0.635. The minimum Gasteiger partial charge on any atom is -0.465 e. The van der Waals surface area contributed by atoms with Gasteiger partial charge in [0.25, 0.3) is 5.69 Å². The lowest BCUT2D eigenvalue weighted by Crippen LogP contribution is -2.09. The van der Waals surface area contributed by atoms with E-state index in [4.69, 9.17) is 0 Å². The highest BCUT2D eigenvalue weighted by Crippen LogP contribution is 2.36. The molecule has 0 saturated carbocycles. The van der Waals surface area contributed by atoms with Crippen molar-refractivity contribution >= 4 is 23.4 Å². The Morgan fingerprint density at radius 2 is 2.00 bits per heavy atom. The smallest absolute Gasteiger partial charge is 0.340 e. The number of carbonyl (C=O) groups excluding carboxylic acids is 1. The maximum atomic E-state index is 13.7. The molecule has 0 saturated heterocycles. The number of hydrogen-bond acceptors (Lipinski definition) is 5. The Morgan fingerprint density at radius 1 is 1.40 bits per heavy atom. The molecule has 1 rings (SSSR count). The number of thioether (sulfide) groups is 1. The number of esters is 1. The highest BCUT2D eigenvalue weighted by molar-refractivity contribution is 8.00. The maximum Gasteiger partial charge on any atom is 0.340 e. The lowest BCUT2D eigenvalue weighted by Gasteiger charge is -2.15. The predicted molar refractivity (Wildman–Crippen MR) is 74.6 cm³/mol. The molecule has 0 radical (unpaired) electrons. The zero-order valence-electron chi connectivity index (χ0n) is 11.7. The molecule has 20 heavy (non-hydrogen) atoms. The first-order chi connectivity index (χ1) is 9.27. The first-order valence-electron chi connectivity index (χ1n) is 6.00. The number of carbonyl (C=O) groups is 1. The van der Waals surface area contributed by atoms with Crippen molar-refractivity contribution in [2.75, 3.05) is 7.11 Å². The summed E-state index contributed by atoms with van der Waals surface area (Å²) in [5.74, 6) is -1.52. The molecule has 1 aromatic rings. The first kappa shape index (κ1) is 16.4. The number of methoxy groups -OCH3 is 1. The average molecular weight is 301 g/mol. The van der Waals surface area contributed by atoms with E-state index in [-0.39, 0.29) is 27.3 Å². The second-order valence-electron chi connectivity index (χ2n) is 4.62. The van der Waals surface area contributed by atoms with Gasteiger partial charge in [-0.2, -0.15) is 0 Å². The third kappa shape index (κ3) is 3.69. The second-order valence-corrected chi connectivity index (χ2v) is 6.03. The van der Waals surface area contributed by atoms with Gasteiger partial charge >= 0.3 is 5.97 Å². The number of halogens is 1. The Hall–Kier alpha value is -1.63. The van der Waals surface area contributed by atoms with Crippen LogP contribution in [0.5, 0.6) is 0 Å². The van der Waals surface area contributed by atoms with Crippen LogP contribution in [0.2, 0.25) is 0 Å². The number of nitro groups is 1. The van der Waals surface area contributed by atoms with Gasteiger partial charge in [-0.15, -0.1) is 11.8 Å². The molecule has 0 aromatic heterocycles. The van der Waals surface area contributed by atoms with Crippen molar-refractivity contribution in [1.82, 2.24) is 0 Å². The highest BCUT2D eigenvalue weighted by atomic mass is 32.2. The van der Waals surface area contributed by atoms with E-state index in [0.717, 1.165) is 13.2 Å². The van der Waals surface area contributed by atoms with Gasteiger partial charge in [-0.05, 0) is 12.0 Å². The van der Waals surface area contributed by atoms with Crippen LogP contribution in [0.25, 0.3) is 0 Å². The normalized spacial score (nSPS) is 12.3. The Labute approximate surface area is 120 Å². The van der Waals surface area contributed by atoms with Gasteiger partial charge in [0.15, 0.2) is 0 Å². The monoisotopic (exact) mass is 301 g/mol. The van der Waals surface area contributed by atoms with Gasteiger partial charge in [-0.25, -0.2) is 9.18 Å². The molecular formula is C13H16FNO4S. The summed E-state index contributed by atoms with van der Waals surface area (Å²) in [7, 11) is 1.13. The minimum atomic E-state index is -0.954. The summed E-state index contributed by atoms with van der Waals surface area (Å²) in [5, 5.41) is 11.1. The Morgan fingerprint density at radius 3 is 2.45 bits per heavy atom. The van der Waals surface area contributed by atoms with E-state index >= 15 is 0 Å². The number of benzene rings is 1. The molecule has 110 valence electrons. The van der Waals surface area contributed by atoms with Gasteiger partial charge in [0, 0.05) is 5.25 Å². The van der Waals surface area contributed by atoms with Gasteiger partial charge < -0.3 is 4.74 Å². The molecular weight excluding hydrogens is 285 g/mol. The zero-order valence-corrected chi connectivity index (χ0v) is 12.5. The topological polar surface area (TPSA) is 69.4 Å². The molecule has 0 N–H and O–H groups in total. The highest BCUT2D eigenvalue weighted by Gasteiger charge is 2.24.